The maximum absolute atomic E-state index is 13.7. The van der Waals surface area contributed by atoms with Gasteiger partial charge in [-0.15, -0.1) is 5.10 Å². The fraction of sp³-hybridized carbons (Fsp3) is 0.429. The quantitative estimate of drug-likeness (QED) is 0.337. The lowest BCUT2D eigenvalue weighted by atomic mass is 9.81. The van der Waals surface area contributed by atoms with Gasteiger partial charge in [0, 0.05) is 47.8 Å². The van der Waals surface area contributed by atoms with Gasteiger partial charge >= 0.3 is 0 Å². The van der Waals surface area contributed by atoms with Crippen molar-refractivity contribution in [3.05, 3.63) is 75.3 Å². The number of alkyl halides is 2. The number of benzene rings is 1. The summed E-state index contributed by atoms with van der Waals surface area (Å²) in [4.78, 5) is 9.25. The first-order chi connectivity index (χ1) is 18.0. The number of fused-ring (bicyclic) bond motifs is 1. The van der Waals surface area contributed by atoms with Crippen LogP contribution in [0.15, 0.2) is 36.5 Å². The molecule has 0 spiro atoms. The van der Waals surface area contributed by atoms with Crippen molar-refractivity contribution in [2.45, 2.75) is 57.5 Å². The predicted octanol–water partition coefficient (Wildman–Crippen LogP) is 5.69. The zero-order chi connectivity index (χ0) is 27.2. The van der Waals surface area contributed by atoms with Gasteiger partial charge in [-0.1, -0.05) is 28.9 Å². The maximum atomic E-state index is 13.7. The van der Waals surface area contributed by atoms with E-state index in [4.69, 9.17) is 16.3 Å². The van der Waals surface area contributed by atoms with E-state index >= 15 is 0 Å². The van der Waals surface area contributed by atoms with E-state index in [2.05, 4.69) is 20.3 Å². The normalized spacial score (nSPS) is 17.5. The molecule has 1 N–H and O–H groups in total. The minimum absolute atomic E-state index is 0.0576. The van der Waals surface area contributed by atoms with Crippen molar-refractivity contribution in [3.63, 3.8) is 0 Å². The van der Waals surface area contributed by atoms with Crippen LogP contribution in [0.3, 0.4) is 0 Å². The van der Waals surface area contributed by atoms with Gasteiger partial charge in [0.25, 0.3) is 0 Å². The average molecular weight is 542 g/mol. The standard InChI is InChI=1S/C28H30ClF2N5O2/c1-16-5-7-22(17(2)33-16)28(37,24-15-32-35-36(24)3)19-6-8-23-20(14-19)25(29)21(26(34-23)38-4)13-18-9-11-27(30,31)12-10-18/h5-8,14-15,18,37H,9-13H2,1-4H3/t28-/m0/s1. The molecular formula is C28H30ClF2N5O2. The lowest BCUT2D eigenvalue weighted by Gasteiger charge is -2.31. The van der Waals surface area contributed by atoms with E-state index in [1.54, 1.807) is 19.2 Å². The lowest BCUT2D eigenvalue weighted by molar-refractivity contribution is -0.0456. The summed E-state index contributed by atoms with van der Waals surface area (Å²) >= 11 is 6.99. The molecule has 200 valence electrons. The minimum Gasteiger partial charge on any atom is -0.481 e. The Bertz CT molecular complexity index is 1500. The molecule has 0 unspecified atom stereocenters. The molecule has 0 amide bonds. The molecule has 38 heavy (non-hydrogen) atoms. The van der Waals surface area contributed by atoms with Gasteiger partial charge in [0.1, 0.15) is 0 Å². The van der Waals surface area contributed by atoms with E-state index in [9.17, 15) is 13.9 Å². The topological polar surface area (TPSA) is 85.9 Å². The second-order valence-electron chi connectivity index (χ2n) is 10.2. The Morgan fingerprint density at radius 3 is 2.53 bits per heavy atom. The van der Waals surface area contributed by atoms with Crippen LogP contribution in [0.25, 0.3) is 10.9 Å². The monoisotopic (exact) mass is 541 g/mol. The molecule has 0 aliphatic heterocycles. The van der Waals surface area contributed by atoms with Crippen LogP contribution >= 0.6 is 11.6 Å². The molecule has 3 heterocycles. The molecule has 4 aromatic rings. The van der Waals surface area contributed by atoms with Gasteiger partial charge in [-0.3, -0.25) is 4.98 Å². The van der Waals surface area contributed by atoms with Gasteiger partial charge in [0.05, 0.1) is 29.5 Å². The van der Waals surface area contributed by atoms with Gasteiger partial charge in [-0.05, 0) is 62.8 Å². The summed E-state index contributed by atoms with van der Waals surface area (Å²) in [5, 5.41) is 21.5. The summed E-state index contributed by atoms with van der Waals surface area (Å²) in [7, 11) is 3.25. The van der Waals surface area contributed by atoms with Crippen LogP contribution < -0.4 is 4.74 Å². The van der Waals surface area contributed by atoms with Crippen LogP contribution in [0.1, 0.15) is 59.5 Å². The predicted molar refractivity (Wildman–Crippen MR) is 141 cm³/mol. The van der Waals surface area contributed by atoms with E-state index in [1.165, 1.54) is 18.0 Å². The number of hydrogen-bond donors (Lipinski definition) is 1. The van der Waals surface area contributed by atoms with Crippen LogP contribution in [0.2, 0.25) is 5.02 Å². The Morgan fingerprint density at radius 1 is 1.16 bits per heavy atom. The summed E-state index contributed by atoms with van der Waals surface area (Å²) in [5.74, 6) is -2.16. The van der Waals surface area contributed by atoms with Crippen molar-refractivity contribution < 1.29 is 18.6 Å². The van der Waals surface area contributed by atoms with Gasteiger partial charge in [-0.25, -0.2) is 18.4 Å². The molecular weight excluding hydrogens is 512 g/mol. The number of nitrogens with zero attached hydrogens (tertiary/aromatic N) is 5. The Balaban J connectivity index is 1.65. The fourth-order valence-corrected chi connectivity index (χ4v) is 5.84. The van der Waals surface area contributed by atoms with E-state index < -0.39 is 11.5 Å². The first kappa shape index (κ1) is 26.4. The number of rotatable bonds is 6. The zero-order valence-corrected chi connectivity index (χ0v) is 22.6. The zero-order valence-electron chi connectivity index (χ0n) is 21.8. The number of halogens is 3. The van der Waals surface area contributed by atoms with Crippen molar-refractivity contribution in [1.29, 1.82) is 0 Å². The van der Waals surface area contributed by atoms with Gasteiger partial charge in [0.15, 0.2) is 5.60 Å². The molecule has 3 aromatic heterocycles. The highest BCUT2D eigenvalue weighted by Gasteiger charge is 2.40. The largest absolute Gasteiger partial charge is 0.481 e. The van der Waals surface area contributed by atoms with E-state index in [1.807, 2.05) is 32.0 Å². The Kier molecular flexibility index (Phi) is 6.86. The highest BCUT2D eigenvalue weighted by Crippen LogP contribution is 2.43. The second kappa shape index (κ2) is 9.85. The van der Waals surface area contributed by atoms with Crippen molar-refractivity contribution in [1.82, 2.24) is 25.0 Å². The smallest absolute Gasteiger partial charge is 0.248 e. The Labute approximate surface area is 224 Å². The first-order valence-corrected chi connectivity index (χ1v) is 13.0. The summed E-state index contributed by atoms with van der Waals surface area (Å²) in [6, 6.07) is 9.10. The van der Waals surface area contributed by atoms with Crippen LogP contribution in [-0.4, -0.2) is 43.1 Å². The van der Waals surface area contributed by atoms with Gasteiger partial charge in [0.2, 0.25) is 11.8 Å². The van der Waals surface area contributed by atoms with Crippen LogP contribution in [0, 0.1) is 19.8 Å². The molecule has 1 atom stereocenters. The fourth-order valence-electron chi connectivity index (χ4n) is 5.53. The van der Waals surface area contributed by atoms with Crippen LogP contribution in [0.4, 0.5) is 8.78 Å². The highest BCUT2D eigenvalue weighted by atomic mass is 35.5. The SMILES string of the molecule is COc1nc2ccc([C@](O)(c3ccc(C)nc3C)c3cnnn3C)cc2c(Cl)c1CC1CCC(F)(F)CC1. The van der Waals surface area contributed by atoms with Crippen molar-refractivity contribution in [2.24, 2.45) is 13.0 Å². The second-order valence-corrected chi connectivity index (χ2v) is 10.6. The summed E-state index contributed by atoms with van der Waals surface area (Å²) in [6.45, 7) is 3.74. The van der Waals surface area contributed by atoms with Crippen LogP contribution in [0.5, 0.6) is 5.88 Å². The molecule has 0 bridgehead atoms. The lowest BCUT2D eigenvalue weighted by Crippen LogP contribution is -2.32. The third kappa shape index (κ3) is 4.62. The van der Waals surface area contributed by atoms with E-state index in [-0.39, 0.29) is 18.8 Å². The molecule has 1 saturated carbocycles. The third-order valence-corrected chi connectivity index (χ3v) is 8.05. The molecule has 7 nitrogen and oxygen atoms in total. The van der Waals surface area contributed by atoms with Gasteiger partial charge in [-0.2, -0.15) is 0 Å². The minimum atomic E-state index is -2.60. The average Bonchev–Trinajstić information content (AvgIpc) is 3.32. The number of pyridine rings is 2. The molecule has 1 aliphatic carbocycles. The van der Waals surface area contributed by atoms with Crippen molar-refractivity contribution in [3.8, 4) is 5.88 Å². The Morgan fingerprint density at radius 2 is 1.89 bits per heavy atom. The summed E-state index contributed by atoms with van der Waals surface area (Å²) in [6.07, 6.45) is 2.59. The maximum Gasteiger partial charge on any atom is 0.248 e. The number of aromatic nitrogens is 5. The van der Waals surface area contributed by atoms with Gasteiger partial charge < -0.3 is 9.84 Å². The Hall–Kier alpha value is -3.17. The third-order valence-electron chi connectivity index (χ3n) is 7.62. The molecule has 10 heteroatoms. The van der Waals surface area contributed by atoms with E-state index in [0.717, 1.165) is 5.69 Å². The first-order valence-electron chi connectivity index (χ1n) is 12.6. The van der Waals surface area contributed by atoms with Crippen LogP contribution in [-0.2, 0) is 19.1 Å². The van der Waals surface area contributed by atoms with Crippen molar-refractivity contribution in [2.75, 3.05) is 7.11 Å². The number of aliphatic hydroxyl groups is 1. The molecule has 5 rings (SSSR count). The number of methoxy groups -OCH3 is 1. The van der Waals surface area contributed by atoms with E-state index in [0.29, 0.717) is 69.1 Å². The van der Waals surface area contributed by atoms with Crippen molar-refractivity contribution >= 4 is 22.5 Å². The molecule has 0 radical (unpaired) electrons. The number of ether oxygens (including phenoxy) is 1. The summed E-state index contributed by atoms with van der Waals surface area (Å²) < 4.78 is 34.6. The number of hydrogen-bond acceptors (Lipinski definition) is 6. The highest BCUT2D eigenvalue weighted by molar-refractivity contribution is 6.36. The molecule has 1 aliphatic rings. The summed E-state index contributed by atoms with van der Waals surface area (Å²) in [5.41, 5.74) is 2.76. The number of aryl methyl sites for hydroxylation is 3. The molecule has 1 fully saturated rings. The molecule has 1 aromatic carbocycles. The molecule has 0 saturated heterocycles.